The summed E-state index contributed by atoms with van der Waals surface area (Å²) in [4.78, 5) is 4.16. The summed E-state index contributed by atoms with van der Waals surface area (Å²) < 4.78 is 5.78. The van der Waals surface area contributed by atoms with Crippen LogP contribution in [0.25, 0.3) is 0 Å². The van der Waals surface area contributed by atoms with E-state index in [9.17, 15) is 0 Å². The van der Waals surface area contributed by atoms with E-state index < -0.39 is 0 Å². The first-order valence-corrected chi connectivity index (χ1v) is 7.63. The SMILES string of the molecule is C=CCNC(=NC)NCc1cccc(COc2ccccc2)c1. The number of hydrogen-bond acceptors (Lipinski definition) is 2. The number of ether oxygens (including phenoxy) is 1. The van der Waals surface area contributed by atoms with Crippen LogP contribution < -0.4 is 15.4 Å². The number of guanidine groups is 1. The fourth-order valence-electron chi connectivity index (χ4n) is 2.09. The minimum Gasteiger partial charge on any atom is -0.489 e. The molecule has 0 saturated carbocycles. The predicted octanol–water partition coefficient (Wildman–Crippen LogP) is 3.12. The molecule has 0 unspecified atom stereocenters. The zero-order chi connectivity index (χ0) is 16.3. The zero-order valence-corrected chi connectivity index (χ0v) is 13.5. The fourth-order valence-corrected chi connectivity index (χ4v) is 2.09. The molecule has 2 N–H and O–H groups in total. The van der Waals surface area contributed by atoms with E-state index in [1.54, 1.807) is 13.1 Å². The van der Waals surface area contributed by atoms with Gasteiger partial charge in [0.15, 0.2) is 5.96 Å². The summed E-state index contributed by atoms with van der Waals surface area (Å²) in [6.45, 7) is 5.63. The van der Waals surface area contributed by atoms with Gasteiger partial charge in [-0.3, -0.25) is 4.99 Å². The Morgan fingerprint density at radius 3 is 2.61 bits per heavy atom. The van der Waals surface area contributed by atoms with E-state index in [0.29, 0.717) is 19.7 Å². The van der Waals surface area contributed by atoms with Crippen LogP contribution in [0.4, 0.5) is 0 Å². The Labute approximate surface area is 137 Å². The van der Waals surface area contributed by atoms with Crippen molar-refractivity contribution in [3.05, 3.63) is 78.4 Å². The van der Waals surface area contributed by atoms with Crippen molar-refractivity contribution in [1.29, 1.82) is 0 Å². The van der Waals surface area contributed by atoms with Gasteiger partial charge in [-0.05, 0) is 23.3 Å². The number of hydrogen-bond donors (Lipinski definition) is 2. The lowest BCUT2D eigenvalue weighted by molar-refractivity contribution is 0.306. The van der Waals surface area contributed by atoms with Crippen LogP contribution in [-0.2, 0) is 13.2 Å². The van der Waals surface area contributed by atoms with Crippen molar-refractivity contribution in [2.45, 2.75) is 13.2 Å². The molecule has 0 atom stereocenters. The van der Waals surface area contributed by atoms with Crippen molar-refractivity contribution >= 4 is 5.96 Å². The fraction of sp³-hybridized carbons (Fsp3) is 0.211. The average molecular weight is 309 g/mol. The first-order chi connectivity index (χ1) is 11.3. The summed E-state index contributed by atoms with van der Waals surface area (Å²) in [5.41, 5.74) is 2.32. The highest BCUT2D eigenvalue weighted by Crippen LogP contribution is 2.12. The molecule has 0 aliphatic carbocycles. The molecule has 2 rings (SSSR count). The van der Waals surface area contributed by atoms with E-state index >= 15 is 0 Å². The standard InChI is InChI=1S/C19H23N3O/c1-3-12-21-19(20-2)22-14-16-8-7-9-17(13-16)15-23-18-10-5-4-6-11-18/h3-11,13H,1,12,14-15H2,2H3,(H2,20,21,22). The van der Waals surface area contributed by atoms with Gasteiger partial charge in [-0.1, -0.05) is 48.5 Å². The van der Waals surface area contributed by atoms with Crippen LogP contribution in [-0.4, -0.2) is 19.6 Å². The summed E-state index contributed by atoms with van der Waals surface area (Å²) in [7, 11) is 1.75. The molecule has 0 bridgehead atoms. The Bertz CT molecular complexity index is 638. The molecule has 0 saturated heterocycles. The third-order valence-electron chi connectivity index (χ3n) is 3.24. The van der Waals surface area contributed by atoms with Crippen molar-refractivity contribution in [3.63, 3.8) is 0 Å². The van der Waals surface area contributed by atoms with Crippen LogP contribution in [0.3, 0.4) is 0 Å². The van der Waals surface area contributed by atoms with Gasteiger partial charge in [-0.2, -0.15) is 0 Å². The first-order valence-electron chi connectivity index (χ1n) is 7.63. The monoisotopic (exact) mass is 309 g/mol. The maximum Gasteiger partial charge on any atom is 0.191 e. The quantitative estimate of drug-likeness (QED) is 0.469. The molecule has 120 valence electrons. The molecule has 0 fully saturated rings. The average Bonchev–Trinajstić information content (AvgIpc) is 2.61. The van der Waals surface area contributed by atoms with Gasteiger partial charge in [0, 0.05) is 20.1 Å². The Morgan fingerprint density at radius 1 is 1.09 bits per heavy atom. The normalized spacial score (nSPS) is 10.9. The number of rotatable bonds is 7. The largest absolute Gasteiger partial charge is 0.489 e. The first kappa shape index (κ1) is 16.6. The second kappa shape index (κ2) is 9.30. The molecule has 0 aliphatic rings. The van der Waals surface area contributed by atoms with Crippen molar-refractivity contribution in [2.24, 2.45) is 4.99 Å². The minimum absolute atomic E-state index is 0.557. The Hall–Kier alpha value is -2.75. The molecule has 2 aromatic rings. The summed E-state index contributed by atoms with van der Waals surface area (Å²) in [6, 6.07) is 18.2. The maximum atomic E-state index is 5.78. The molecular weight excluding hydrogens is 286 g/mol. The molecule has 0 heterocycles. The molecule has 0 spiro atoms. The molecule has 0 amide bonds. The second-order valence-corrected chi connectivity index (χ2v) is 5.02. The Kier molecular flexibility index (Phi) is 6.72. The van der Waals surface area contributed by atoms with Crippen LogP contribution in [0.1, 0.15) is 11.1 Å². The Balaban J connectivity index is 1.88. The minimum atomic E-state index is 0.557. The maximum absolute atomic E-state index is 5.78. The lowest BCUT2D eigenvalue weighted by Gasteiger charge is -2.11. The summed E-state index contributed by atoms with van der Waals surface area (Å²) >= 11 is 0. The van der Waals surface area contributed by atoms with E-state index in [0.717, 1.165) is 17.3 Å². The number of nitrogens with one attached hydrogen (secondary N) is 2. The summed E-state index contributed by atoms with van der Waals surface area (Å²) in [5, 5.41) is 6.42. The number of para-hydroxylation sites is 1. The number of benzene rings is 2. The molecule has 0 aromatic heterocycles. The topological polar surface area (TPSA) is 45.7 Å². The third kappa shape index (κ3) is 5.87. The molecule has 4 nitrogen and oxygen atoms in total. The van der Waals surface area contributed by atoms with Crippen molar-refractivity contribution in [2.75, 3.05) is 13.6 Å². The lowest BCUT2D eigenvalue weighted by atomic mass is 10.1. The van der Waals surface area contributed by atoms with Crippen LogP contribution in [0, 0.1) is 0 Å². The Morgan fingerprint density at radius 2 is 1.87 bits per heavy atom. The van der Waals surface area contributed by atoms with Gasteiger partial charge in [-0.15, -0.1) is 6.58 Å². The molecule has 0 aliphatic heterocycles. The van der Waals surface area contributed by atoms with Crippen molar-refractivity contribution in [1.82, 2.24) is 10.6 Å². The highest BCUT2D eigenvalue weighted by atomic mass is 16.5. The van der Waals surface area contributed by atoms with Crippen molar-refractivity contribution in [3.8, 4) is 5.75 Å². The highest BCUT2D eigenvalue weighted by Gasteiger charge is 2.00. The van der Waals surface area contributed by atoms with Gasteiger partial charge in [0.2, 0.25) is 0 Å². The van der Waals surface area contributed by atoms with E-state index in [1.807, 2.05) is 36.4 Å². The third-order valence-corrected chi connectivity index (χ3v) is 3.24. The van der Waals surface area contributed by atoms with Crippen LogP contribution in [0.5, 0.6) is 5.75 Å². The van der Waals surface area contributed by atoms with Crippen molar-refractivity contribution < 1.29 is 4.74 Å². The van der Waals surface area contributed by atoms with Gasteiger partial charge >= 0.3 is 0 Å². The zero-order valence-electron chi connectivity index (χ0n) is 13.5. The molecular formula is C19H23N3O. The summed E-state index contributed by atoms with van der Waals surface area (Å²) in [6.07, 6.45) is 1.80. The highest BCUT2D eigenvalue weighted by molar-refractivity contribution is 5.79. The number of nitrogens with zero attached hydrogens (tertiary/aromatic N) is 1. The second-order valence-electron chi connectivity index (χ2n) is 5.02. The van der Waals surface area contributed by atoms with E-state index in [1.165, 1.54) is 5.56 Å². The molecule has 4 heteroatoms. The lowest BCUT2D eigenvalue weighted by Crippen LogP contribution is -2.36. The number of aliphatic imine (C=N–C) groups is 1. The summed E-state index contributed by atoms with van der Waals surface area (Å²) in [5.74, 6) is 1.64. The molecule has 2 aromatic carbocycles. The predicted molar refractivity (Wildman–Crippen MR) is 95.6 cm³/mol. The van der Waals surface area contributed by atoms with Crippen LogP contribution >= 0.6 is 0 Å². The van der Waals surface area contributed by atoms with Crippen LogP contribution in [0.2, 0.25) is 0 Å². The van der Waals surface area contributed by atoms with E-state index in [4.69, 9.17) is 4.74 Å². The van der Waals surface area contributed by atoms with Gasteiger partial charge < -0.3 is 15.4 Å². The molecule has 23 heavy (non-hydrogen) atoms. The smallest absolute Gasteiger partial charge is 0.191 e. The van der Waals surface area contributed by atoms with Gasteiger partial charge in [0.25, 0.3) is 0 Å². The van der Waals surface area contributed by atoms with E-state index in [2.05, 4.69) is 40.4 Å². The van der Waals surface area contributed by atoms with E-state index in [-0.39, 0.29) is 0 Å². The van der Waals surface area contributed by atoms with Gasteiger partial charge in [-0.25, -0.2) is 0 Å². The van der Waals surface area contributed by atoms with Crippen LogP contribution in [0.15, 0.2) is 72.2 Å². The van der Waals surface area contributed by atoms with Gasteiger partial charge in [0.05, 0.1) is 0 Å². The molecule has 0 radical (unpaired) electrons. The van der Waals surface area contributed by atoms with Gasteiger partial charge in [0.1, 0.15) is 12.4 Å².